The maximum Gasteiger partial charge on any atom is 0.142 e. The van der Waals surface area contributed by atoms with E-state index in [0.717, 1.165) is 16.5 Å². The van der Waals surface area contributed by atoms with Crippen LogP contribution in [0, 0.1) is 5.82 Å². The molecule has 0 saturated carbocycles. The molecule has 5 heteroatoms. The van der Waals surface area contributed by atoms with E-state index in [1.165, 1.54) is 6.07 Å². The van der Waals surface area contributed by atoms with E-state index in [1.807, 2.05) is 30.3 Å². The molecule has 3 rings (SSSR count). The number of hydrogen-bond donors (Lipinski definition) is 2. The summed E-state index contributed by atoms with van der Waals surface area (Å²) < 4.78 is 13.7. The van der Waals surface area contributed by atoms with E-state index in [-0.39, 0.29) is 5.02 Å². The van der Waals surface area contributed by atoms with Crippen LogP contribution in [-0.4, -0.2) is 4.98 Å². The fraction of sp³-hybridized carbons (Fsp3) is 0.0625. The van der Waals surface area contributed by atoms with Crippen molar-refractivity contribution >= 4 is 22.5 Å². The Hall–Kier alpha value is -2.01. The van der Waals surface area contributed by atoms with Gasteiger partial charge in [-0.15, -0.1) is 0 Å². The van der Waals surface area contributed by atoms with Crippen molar-refractivity contribution in [3.63, 3.8) is 0 Å². The first-order valence-electron chi connectivity index (χ1n) is 6.46. The summed E-state index contributed by atoms with van der Waals surface area (Å²) in [7, 11) is 0. The number of aromatic nitrogens is 1. The Morgan fingerprint density at radius 1 is 1.05 bits per heavy atom. The molecule has 1 aromatic heterocycles. The van der Waals surface area contributed by atoms with Gasteiger partial charge in [0.15, 0.2) is 0 Å². The Bertz CT molecular complexity index is 786. The average Bonchev–Trinajstić information content (AvgIpc) is 2.52. The molecule has 0 aliphatic heterocycles. The summed E-state index contributed by atoms with van der Waals surface area (Å²) in [4.78, 5) is 4.32. The zero-order valence-corrected chi connectivity index (χ0v) is 11.8. The number of hydrogen-bond acceptors (Lipinski definition) is 3. The summed E-state index contributed by atoms with van der Waals surface area (Å²) in [6.45, 7) is 0. The first kappa shape index (κ1) is 13.9. The fourth-order valence-electron chi connectivity index (χ4n) is 2.47. The summed E-state index contributed by atoms with van der Waals surface area (Å²) in [5.74, 6) is 5.23. The number of pyridine rings is 1. The number of halogens is 2. The molecule has 21 heavy (non-hydrogen) atoms. The molecule has 3 N–H and O–H groups in total. The van der Waals surface area contributed by atoms with Gasteiger partial charge >= 0.3 is 0 Å². The van der Waals surface area contributed by atoms with E-state index in [0.29, 0.717) is 5.56 Å². The van der Waals surface area contributed by atoms with Crippen LogP contribution in [0.3, 0.4) is 0 Å². The van der Waals surface area contributed by atoms with Crippen molar-refractivity contribution in [2.75, 3.05) is 0 Å². The van der Waals surface area contributed by atoms with E-state index in [2.05, 4.69) is 10.4 Å². The topological polar surface area (TPSA) is 50.9 Å². The van der Waals surface area contributed by atoms with E-state index >= 15 is 0 Å². The van der Waals surface area contributed by atoms with Gasteiger partial charge in [0.2, 0.25) is 0 Å². The number of hydrazine groups is 1. The molecule has 0 amide bonds. The average molecular weight is 302 g/mol. The van der Waals surface area contributed by atoms with Crippen LogP contribution in [0.2, 0.25) is 5.02 Å². The van der Waals surface area contributed by atoms with Crippen molar-refractivity contribution < 1.29 is 4.39 Å². The molecule has 3 nitrogen and oxygen atoms in total. The van der Waals surface area contributed by atoms with Gasteiger partial charge < -0.3 is 0 Å². The van der Waals surface area contributed by atoms with Crippen molar-refractivity contribution in [2.24, 2.45) is 5.84 Å². The van der Waals surface area contributed by atoms with Crippen LogP contribution in [0.15, 0.2) is 54.7 Å². The summed E-state index contributed by atoms with van der Waals surface area (Å²) in [5, 5.41) is 1.02. The molecular formula is C16H13ClFN3. The zero-order chi connectivity index (χ0) is 14.8. The summed E-state index contributed by atoms with van der Waals surface area (Å²) in [6.07, 6.45) is 1.73. The van der Waals surface area contributed by atoms with Gasteiger partial charge in [-0.05, 0) is 29.3 Å². The molecular weight excluding hydrogens is 289 g/mol. The van der Waals surface area contributed by atoms with Crippen molar-refractivity contribution in [3.05, 3.63) is 76.7 Å². The number of nitrogens with one attached hydrogen (secondary N) is 1. The summed E-state index contributed by atoms with van der Waals surface area (Å²) in [5.41, 5.74) is 5.06. The first-order chi connectivity index (χ1) is 10.2. The van der Waals surface area contributed by atoms with Crippen LogP contribution < -0.4 is 11.3 Å². The van der Waals surface area contributed by atoms with Crippen LogP contribution in [-0.2, 0) is 0 Å². The highest BCUT2D eigenvalue weighted by molar-refractivity contribution is 6.31. The number of fused-ring (bicyclic) bond motifs is 1. The molecule has 3 aromatic rings. The number of nitrogens with zero attached hydrogens (tertiary/aromatic N) is 1. The quantitative estimate of drug-likeness (QED) is 0.574. The second kappa shape index (κ2) is 5.77. The Morgan fingerprint density at radius 2 is 1.81 bits per heavy atom. The predicted molar refractivity (Wildman–Crippen MR) is 82.3 cm³/mol. The third-order valence-electron chi connectivity index (χ3n) is 3.45. The van der Waals surface area contributed by atoms with Crippen LogP contribution >= 0.6 is 11.6 Å². The number of nitrogens with two attached hydrogens (primary N) is 1. The van der Waals surface area contributed by atoms with Gasteiger partial charge in [0, 0.05) is 11.6 Å². The number of rotatable bonds is 3. The monoisotopic (exact) mass is 301 g/mol. The molecule has 0 fully saturated rings. The van der Waals surface area contributed by atoms with Crippen LogP contribution in [0.25, 0.3) is 10.9 Å². The van der Waals surface area contributed by atoms with E-state index < -0.39 is 11.9 Å². The van der Waals surface area contributed by atoms with Gasteiger partial charge in [-0.1, -0.05) is 41.9 Å². The van der Waals surface area contributed by atoms with Crippen LogP contribution in [0.4, 0.5) is 4.39 Å². The fourth-order valence-corrected chi connectivity index (χ4v) is 2.70. The second-order valence-electron chi connectivity index (χ2n) is 4.66. The highest BCUT2D eigenvalue weighted by Crippen LogP contribution is 2.32. The predicted octanol–water partition coefficient (Wildman–Crippen LogP) is 3.58. The molecule has 1 unspecified atom stereocenters. The van der Waals surface area contributed by atoms with Gasteiger partial charge in [0.1, 0.15) is 5.82 Å². The summed E-state index contributed by atoms with van der Waals surface area (Å²) in [6, 6.07) is 13.8. The van der Waals surface area contributed by atoms with Crippen molar-refractivity contribution in [1.29, 1.82) is 0 Å². The molecule has 0 aliphatic carbocycles. The third kappa shape index (κ3) is 2.49. The SMILES string of the molecule is NNC(c1cccc(F)c1Cl)c1cccc2ncccc12. The van der Waals surface area contributed by atoms with Gasteiger partial charge in [0.05, 0.1) is 16.6 Å². The molecule has 1 atom stereocenters. The first-order valence-corrected chi connectivity index (χ1v) is 6.84. The Morgan fingerprint density at radius 3 is 2.62 bits per heavy atom. The highest BCUT2D eigenvalue weighted by atomic mass is 35.5. The molecule has 0 spiro atoms. The molecule has 2 aromatic carbocycles. The molecule has 0 radical (unpaired) electrons. The van der Waals surface area contributed by atoms with Crippen LogP contribution in [0.1, 0.15) is 17.2 Å². The van der Waals surface area contributed by atoms with Crippen LogP contribution in [0.5, 0.6) is 0 Å². The van der Waals surface area contributed by atoms with E-state index in [1.54, 1.807) is 18.3 Å². The highest BCUT2D eigenvalue weighted by Gasteiger charge is 2.19. The van der Waals surface area contributed by atoms with Gasteiger partial charge in [-0.25, -0.2) is 9.82 Å². The van der Waals surface area contributed by atoms with Crippen molar-refractivity contribution in [1.82, 2.24) is 10.4 Å². The smallest absolute Gasteiger partial charge is 0.142 e. The molecule has 0 aliphatic rings. The molecule has 0 bridgehead atoms. The van der Waals surface area contributed by atoms with E-state index in [4.69, 9.17) is 17.4 Å². The third-order valence-corrected chi connectivity index (χ3v) is 3.85. The molecule has 1 heterocycles. The zero-order valence-electron chi connectivity index (χ0n) is 11.1. The lowest BCUT2D eigenvalue weighted by Crippen LogP contribution is -2.29. The van der Waals surface area contributed by atoms with Crippen molar-refractivity contribution in [3.8, 4) is 0 Å². The number of benzene rings is 2. The van der Waals surface area contributed by atoms with Gasteiger partial charge in [0.25, 0.3) is 0 Å². The normalized spacial score (nSPS) is 12.5. The van der Waals surface area contributed by atoms with Crippen molar-refractivity contribution in [2.45, 2.75) is 6.04 Å². The Kier molecular flexibility index (Phi) is 3.84. The van der Waals surface area contributed by atoms with Gasteiger partial charge in [-0.2, -0.15) is 0 Å². The maximum absolute atomic E-state index is 13.7. The standard InChI is InChI=1S/C16H13ClFN3/c17-15-12(5-1-7-13(15)18)16(21-19)11-4-2-8-14-10(11)6-3-9-20-14/h1-9,16,21H,19H2. The lowest BCUT2D eigenvalue weighted by molar-refractivity contribution is 0.607. The lowest BCUT2D eigenvalue weighted by Gasteiger charge is -2.20. The minimum atomic E-state index is -0.465. The Balaban J connectivity index is 2.21. The molecule has 0 saturated heterocycles. The largest absolute Gasteiger partial charge is 0.271 e. The Labute approximate surface area is 126 Å². The molecule has 106 valence electrons. The van der Waals surface area contributed by atoms with E-state index in [9.17, 15) is 4.39 Å². The minimum Gasteiger partial charge on any atom is -0.271 e. The lowest BCUT2D eigenvalue weighted by atomic mass is 9.95. The van der Waals surface area contributed by atoms with Gasteiger partial charge in [-0.3, -0.25) is 10.8 Å². The maximum atomic E-state index is 13.7. The summed E-state index contributed by atoms with van der Waals surface area (Å²) >= 11 is 6.08. The second-order valence-corrected chi connectivity index (χ2v) is 5.04. The minimum absolute atomic E-state index is 0.0707.